The molecule has 0 radical (unpaired) electrons. The number of nitrogens with one attached hydrogen (secondary N) is 4. The number of alkyl halides is 2. The van der Waals surface area contributed by atoms with Gasteiger partial charge in [0.05, 0.1) is 36.6 Å². The molecule has 8 amide bonds. The van der Waals surface area contributed by atoms with E-state index in [4.69, 9.17) is 32.7 Å². The van der Waals surface area contributed by atoms with Crippen molar-refractivity contribution in [2.24, 2.45) is 23.7 Å². The molecule has 0 aromatic rings. The van der Waals surface area contributed by atoms with E-state index in [1.165, 1.54) is 14.7 Å². The molecule has 4 aliphatic heterocycles. The number of alkyl carbamates (subject to hydrolysis) is 2. The summed E-state index contributed by atoms with van der Waals surface area (Å²) in [5.74, 6) is -3.04. The number of Topliss-reactive ketones (excluding diaryl/α,β-unsaturated/α-hetero) is 1. The maximum absolute atomic E-state index is 13.4. The van der Waals surface area contributed by atoms with E-state index in [0.717, 1.165) is 0 Å². The molecule has 0 aromatic carbocycles. The van der Waals surface area contributed by atoms with Crippen LogP contribution in [0.4, 0.5) is 9.59 Å². The highest BCUT2D eigenvalue weighted by molar-refractivity contribution is 6.27. The Balaban J connectivity index is 0.000000360. The van der Waals surface area contributed by atoms with Crippen molar-refractivity contribution in [2.75, 3.05) is 64.1 Å². The predicted molar refractivity (Wildman–Crippen MR) is 253 cm³/mol. The molecule has 0 saturated carbocycles. The van der Waals surface area contributed by atoms with Crippen molar-refractivity contribution in [1.82, 2.24) is 40.9 Å². The Morgan fingerprint density at radius 1 is 0.691 bits per heavy atom. The zero-order valence-corrected chi connectivity index (χ0v) is 43.0. The Morgan fingerprint density at radius 2 is 1.12 bits per heavy atom. The number of likely N-dealkylation sites (tertiary alicyclic amines) is 2. The average Bonchev–Trinajstić information content (AvgIpc) is 4.01. The third-order valence-corrected chi connectivity index (χ3v) is 12.2. The summed E-state index contributed by atoms with van der Waals surface area (Å²) in [5, 5.41) is 21.9. The Kier molecular flexibility index (Phi) is 22.1. The first-order valence-electron chi connectivity index (χ1n) is 23.7. The molecule has 0 bridgehead atoms. The van der Waals surface area contributed by atoms with Crippen LogP contribution in [0.15, 0.2) is 0 Å². The quantitative estimate of drug-likeness (QED) is 0.110. The van der Waals surface area contributed by atoms with Crippen LogP contribution in [0.1, 0.15) is 108 Å². The molecular weight excluding hydrogens is 927 g/mol. The maximum Gasteiger partial charge on any atom is 0.408 e. The van der Waals surface area contributed by atoms with Gasteiger partial charge in [-0.15, -0.1) is 23.2 Å². The van der Waals surface area contributed by atoms with E-state index in [1.807, 2.05) is 27.7 Å². The van der Waals surface area contributed by atoms with Gasteiger partial charge in [-0.25, -0.2) is 9.59 Å². The first-order valence-corrected chi connectivity index (χ1v) is 24.7. The van der Waals surface area contributed by atoms with Crippen molar-refractivity contribution in [3.63, 3.8) is 0 Å². The highest BCUT2D eigenvalue weighted by atomic mass is 35.5. The summed E-state index contributed by atoms with van der Waals surface area (Å²) in [5.41, 5.74) is -1.38. The van der Waals surface area contributed by atoms with Crippen LogP contribution in [0, 0.1) is 23.7 Å². The minimum absolute atomic E-state index is 0.0410. The fraction of sp³-hybridized carbons (Fsp3) is 0.804. The number of hydrogen-bond donors (Lipinski definition) is 5. The van der Waals surface area contributed by atoms with Gasteiger partial charge in [-0.1, -0.05) is 27.7 Å². The lowest BCUT2D eigenvalue weighted by Gasteiger charge is -2.36. The van der Waals surface area contributed by atoms with Gasteiger partial charge in [0, 0.05) is 45.8 Å². The number of aliphatic hydroxyl groups is 1. The number of aliphatic hydroxyl groups excluding tert-OH is 1. The molecule has 4 aliphatic rings. The number of ether oxygens (including phenoxy) is 2. The minimum atomic E-state index is -1.04. The molecule has 68 heavy (non-hydrogen) atoms. The van der Waals surface area contributed by atoms with E-state index < -0.39 is 59.6 Å². The molecule has 0 spiro atoms. The van der Waals surface area contributed by atoms with Crippen LogP contribution in [-0.4, -0.2) is 184 Å². The molecule has 4 fully saturated rings. The second kappa shape index (κ2) is 26.0. The molecule has 0 aromatic heterocycles. The number of nitrogens with zero attached hydrogens (tertiary/aromatic N) is 4. The Morgan fingerprint density at radius 3 is 1.53 bits per heavy atom. The predicted octanol–water partition coefficient (Wildman–Crippen LogP) is 2.39. The third kappa shape index (κ3) is 18.1. The lowest BCUT2D eigenvalue weighted by atomic mass is 9.97. The standard InChI is InChI=1S/C23H39ClN4O6.C23H37ClN4O6/c2*1-14(2)10-17(28-9-7-16(21(28)32)26-22(33)34-23(3,4)5)18(29)13-27(19(30)11-24)12-15-6-8-25-20(15)31/h14-18,29H,6-13H2,1-5H3,(H,25,31)(H,26,33);14-17H,6-13H2,1-5H3,(H,25,31)(H,26,33)/t15-,16-,17-,18-;15-,16-,17-/m00/s1. The molecule has 7 atom stereocenters. The van der Waals surface area contributed by atoms with E-state index in [-0.39, 0.29) is 96.9 Å². The molecule has 0 unspecified atom stereocenters. The zero-order chi connectivity index (χ0) is 51.3. The average molecular weight is 1000 g/mol. The van der Waals surface area contributed by atoms with Crippen LogP contribution in [0.25, 0.3) is 0 Å². The van der Waals surface area contributed by atoms with Crippen molar-refractivity contribution >= 4 is 76.6 Å². The topological polar surface area (TPSA) is 253 Å². The molecule has 4 rings (SSSR count). The SMILES string of the molecule is CC(C)C[C@@H](C(=O)CN(C[C@@H]1CCNC1=O)C(=O)CCl)N1CC[C@H](NC(=O)OC(C)(C)C)C1=O.CC(C)C[C@@H]([C@@H](O)CN(C[C@@H]1CCNC1=O)C(=O)CCl)N1CC[C@H](NC(=O)OC(C)(C)C)C1=O. The second-order valence-electron chi connectivity index (χ2n) is 20.8. The monoisotopic (exact) mass is 1000 g/mol. The highest BCUT2D eigenvalue weighted by Crippen LogP contribution is 2.25. The molecule has 0 aliphatic carbocycles. The molecule has 5 N–H and O–H groups in total. The summed E-state index contributed by atoms with van der Waals surface area (Å²) in [7, 11) is 0. The van der Waals surface area contributed by atoms with Crippen LogP contribution >= 0.6 is 23.2 Å². The van der Waals surface area contributed by atoms with Gasteiger partial charge in [0.15, 0.2) is 5.78 Å². The van der Waals surface area contributed by atoms with E-state index in [0.29, 0.717) is 64.7 Å². The Bertz CT molecular complexity index is 1810. The van der Waals surface area contributed by atoms with Gasteiger partial charge >= 0.3 is 12.2 Å². The van der Waals surface area contributed by atoms with E-state index in [1.54, 1.807) is 46.4 Å². The van der Waals surface area contributed by atoms with Crippen molar-refractivity contribution < 1.29 is 57.7 Å². The summed E-state index contributed by atoms with van der Waals surface area (Å²) in [6.45, 7) is 20.0. The van der Waals surface area contributed by atoms with Gasteiger partial charge in [-0.05, 0) is 91.9 Å². The third-order valence-electron chi connectivity index (χ3n) is 11.8. The molecule has 386 valence electrons. The lowest BCUT2D eigenvalue weighted by Crippen LogP contribution is -2.53. The maximum atomic E-state index is 13.4. The number of carbonyl (C=O) groups is 9. The molecule has 20 nitrogen and oxygen atoms in total. The minimum Gasteiger partial charge on any atom is -0.444 e. The van der Waals surface area contributed by atoms with Gasteiger partial charge in [-0.3, -0.25) is 33.6 Å². The number of halogens is 2. The molecule has 4 heterocycles. The number of carbonyl (C=O) groups excluding carboxylic acids is 9. The van der Waals surface area contributed by atoms with Crippen LogP contribution in [-0.2, 0) is 43.0 Å². The summed E-state index contributed by atoms with van der Waals surface area (Å²) < 4.78 is 10.5. The van der Waals surface area contributed by atoms with Gasteiger partial charge < -0.3 is 55.4 Å². The number of amides is 8. The first kappa shape index (κ1) is 57.9. The van der Waals surface area contributed by atoms with Crippen LogP contribution < -0.4 is 21.3 Å². The van der Waals surface area contributed by atoms with Gasteiger partial charge in [0.1, 0.15) is 35.0 Å². The van der Waals surface area contributed by atoms with Gasteiger partial charge in [-0.2, -0.15) is 0 Å². The largest absolute Gasteiger partial charge is 0.444 e. The van der Waals surface area contributed by atoms with Crippen LogP contribution in [0.5, 0.6) is 0 Å². The fourth-order valence-electron chi connectivity index (χ4n) is 8.58. The van der Waals surface area contributed by atoms with E-state index in [2.05, 4.69) is 21.3 Å². The van der Waals surface area contributed by atoms with Gasteiger partial charge in [0.25, 0.3) is 0 Å². The van der Waals surface area contributed by atoms with Crippen molar-refractivity contribution in [3.05, 3.63) is 0 Å². The van der Waals surface area contributed by atoms with Crippen molar-refractivity contribution in [2.45, 2.75) is 149 Å². The Hall–Kier alpha value is -4.43. The van der Waals surface area contributed by atoms with Crippen LogP contribution in [0.2, 0.25) is 0 Å². The summed E-state index contributed by atoms with van der Waals surface area (Å²) >= 11 is 11.5. The summed E-state index contributed by atoms with van der Waals surface area (Å²) in [6, 6.07) is -2.82. The molecular formula is C46H76Cl2N8O12. The van der Waals surface area contributed by atoms with Gasteiger partial charge in [0.2, 0.25) is 35.4 Å². The smallest absolute Gasteiger partial charge is 0.408 e. The molecule has 4 saturated heterocycles. The van der Waals surface area contributed by atoms with Crippen molar-refractivity contribution in [1.29, 1.82) is 0 Å². The first-order chi connectivity index (χ1) is 31.6. The normalized spacial score (nSPS) is 22.0. The molecule has 22 heteroatoms. The number of ketones is 1. The number of rotatable bonds is 20. The highest BCUT2D eigenvalue weighted by Gasteiger charge is 2.43. The fourth-order valence-corrected chi connectivity index (χ4v) is 8.92. The van der Waals surface area contributed by atoms with E-state index >= 15 is 0 Å². The van der Waals surface area contributed by atoms with Crippen molar-refractivity contribution in [3.8, 4) is 0 Å². The second-order valence-corrected chi connectivity index (χ2v) is 21.3. The van der Waals surface area contributed by atoms with E-state index in [9.17, 15) is 48.3 Å². The number of hydrogen-bond acceptors (Lipinski definition) is 12. The summed E-state index contributed by atoms with van der Waals surface area (Å²) in [4.78, 5) is 119. The lowest BCUT2D eigenvalue weighted by molar-refractivity contribution is -0.141. The van der Waals surface area contributed by atoms with Crippen LogP contribution in [0.3, 0.4) is 0 Å². The Labute approximate surface area is 410 Å². The summed E-state index contributed by atoms with van der Waals surface area (Å²) in [6.07, 6.45) is 0.475. The zero-order valence-electron chi connectivity index (χ0n) is 41.5.